The zero-order valence-electron chi connectivity index (χ0n) is 8.97. The minimum absolute atomic E-state index is 0. The molecule has 1 atom stereocenters. The van der Waals surface area contributed by atoms with Crippen molar-refractivity contribution >= 4 is 57.6 Å². The smallest absolute Gasteiger partial charge is 0.389 e. The summed E-state index contributed by atoms with van der Waals surface area (Å²) in [7, 11) is 0. The number of rotatable bonds is 3. The number of hydrogen-bond acceptors (Lipinski definition) is 2. The molecule has 0 unspecified atom stereocenters. The fraction of sp³-hybridized carbons (Fsp3) is 0.400. The van der Waals surface area contributed by atoms with Crippen molar-refractivity contribution in [2.75, 3.05) is 0 Å². The Balaban J connectivity index is 0.00000289. The minimum atomic E-state index is -4.22. The van der Waals surface area contributed by atoms with Gasteiger partial charge >= 0.3 is 6.18 Å². The fourth-order valence-electron chi connectivity index (χ4n) is 1.34. The molecule has 0 aliphatic heterocycles. The quantitative estimate of drug-likeness (QED) is 0.598. The molecule has 0 aliphatic rings. The van der Waals surface area contributed by atoms with Gasteiger partial charge in [0.05, 0.1) is 3.57 Å². The largest absolute Gasteiger partial charge is 0.506 e. The summed E-state index contributed by atoms with van der Waals surface area (Å²) in [6.45, 7) is 0. The maximum atomic E-state index is 12.1. The molecule has 18 heavy (non-hydrogen) atoms. The molecule has 0 bridgehead atoms. The predicted octanol–water partition coefficient (Wildman–Crippen LogP) is 4.37. The van der Waals surface area contributed by atoms with Gasteiger partial charge < -0.3 is 10.8 Å². The Morgan fingerprint density at radius 1 is 1.28 bits per heavy atom. The van der Waals surface area contributed by atoms with Crippen molar-refractivity contribution in [1.29, 1.82) is 0 Å². The molecule has 8 heteroatoms. The van der Waals surface area contributed by atoms with E-state index in [1.807, 2.05) is 45.2 Å². The Hall–Kier alpha value is 0.520. The van der Waals surface area contributed by atoms with Crippen LogP contribution in [0.3, 0.4) is 0 Å². The van der Waals surface area contributed by atoms with Crippen molar-refractivity contribution in [3.05, 3.63) is 24.8 Å². The summed E-state index contributed by atoms with van der Waals surface area (Å²) < 4.78 is 37.6. The lowest BCUT2D eigenvalue weighted by Gasteiger charge is -2.16. The molecule has 1 aromatic carbocycles. The van der Waals surface area contributed by atoms with Crippen molar-refractivity contribution in [2.45, 2.75) is 25.1 Å². The Morgan fingerprint density at radius 2 is 1.83 bits per heavy atom. The van der Waals surface area contributed by atoms with Crippen molar-refractivity contribution in [3.8, 4) is 5.75 Å². The Labute approximate surface area is 136 Å². The third-order valence-corrected chi connectivity index (χ3v) is 3.64. The number of hydrogen-bond donors (Lipinski definition) is 2. The molecule has 0 aliphatic carbocycles. The van der Waals surface area contributed by atoms with Crippen LogP contribution in [0.25, 0.3) is 0 Å². The molecule has 1 rings (SSSR count). The first-order valence-electron chi connectivity index (χ1n) is 4.71. The topological polar surface area (TPSA) is 46.2 Å². The van der Waals surface area contributed by atoms with Crippen LogP contribution in [0.4, 0.5) is 13.2 Å². The van der Waals surface area contributed by atoms with Crippen molar-refractivity contribution < 1.29 is 18.3 Å². The van der Waals surface area contributed by atoms with Crippen LogP contribution in [0.5, 0.6) is 5.75 Å². The zero-order valence-corrected chi connectivity index (χ0v) is 14.1. The van der Waals surface area contributed by atoms with E-state index >= 15 is 0 Å². The van der Waals surface area contributed by atoms with E-state index in [9.17, 15) is 18.3 Å². The molecule has 0 spiro atoms. The van der Waals surface area contributed by atoms with Gasteiger partial charge in [0.25, 0.3) is 0 Å². The molecule has 0 fully saturated rings. The normalized spacial score (nSPS) is 13.0. The van der Waals surface area contributed by atoms with E-state index in [2.05, 4.69) is 0 Å². The molecule has 3 N–H and O–H groups in total. The number of phenols is 1. The number of halogens is 6. The summed E-state index contributed by atoms with van der Waals surface area (Å²) in [5.74, 6) is -0.0271. The maximum Gasteiger partial charge on any atom is 0.389 e. The number of nitrogens with two attached hydrogens (primary N) is 1. The molecule has 2 nitrogen and oxygen atoms in total. The van der Waals surface area contributed by atoms with Gasteiger partial charge in [0.1, 0.15) is 5.75 Å². The minimum Gasteiger partial charge on any atom is -0.506 e. The van der Waals surface area contributed by atoms with Crippen molar-refractivity contribution in [3.63, 3.8) is 0 Å². The highest BCUT2D eigenvalue weighted by atomic mass is 127. The van der Waals surface area contributed by atoms with Gasteiger partial charge in [0.2, 0.25) is 0 Å². The van der Waals surface area contributed by atoms with Gasteiger partial charge in [-0.15, -0.1) is 12.4 Å². The van der Waals surface area contributed by atoms with E-state index in [-0.39, 0.29) is 24.6 Å². The molecular formula is C10H11ClF3I2NO. The molecule has 0 amide bonds. The van der Waals surface area contributed by atoms with E-state index in [4.69, 9.17) is 5.73 Å². The monoisotopic (exact) mass is 507 g/mol. The first-order valence-corrected chi connectivity index (χ1v) is 6.86. The highest BCUT2D eigenvalue weighted by Crippen LogP contribution is 2.34. The molecule has 1 aromatic rings. The van der Waals surface area contributed by atoms with Gasteiger partial charge in [0, 0.05) is 21.6 Å². The fourth-order valence-corrected chi connectivity index (χ4v) is 3.23. The third-order valence-electron chi connectivity index (χ3n) is 2.20. The second-order valence-electron chi connectivity index (χ2n) is 3.59. The predicted molar refractivity (Wildman–Crippen MR) is 83.0 cm³/mol. The molecule has 0 heterocycles. The van der Waals surface area contributed by atoms with Gasteiger partial charge in [-0.05, 0) is 63.7 Å². The summed E-state index contributed by atoms with van der Waals surface area (Å²) in [6.07, 6.45) is -5.40. The van der Waals surface area contributed by atoms with Crippen molar-refractivity contribution in [2.24, 2.45) is 5.73 Å². The van der Waals surface area contributed by atoms with E-state index in [1.165, 1.54) is 0 Å². The van der Waals surface area contributed by atoms with Gasteiger partial charge in [-0.3, -0.25) is 0 Å². The lowest BCUT2D eigenvalue weighted by atomic mass is 10.0. The maximum absolute atomic E-state index is 12.1. The lowest BCUT2D eigenvalue weighted by Crippen LogP contribution is -2.16. The molecule has 0 saturated heterocycles. The summed E-state index contributed by atoms with van der Waals surface area (Å²) in [4.78, 5) is 0. The molecule has 0 aromatic heterocycles. The summed E-state index contributed by atoms with van der Waals surface area (Å²) in [6, 6.07) is 2.54. The molecule has 0 saturated carbocycles. The molecular weight excluding hydrogens is 496 g/mol. The Kier molecular flexibility index (Phi) is 7.55. The van der Waals surface area contributed by atoms with E-state index in [0.29, 0.717) is 9.13 Å². The SMILES string of the molecule is Cl.N[C@@H](CCC(F)(F)F)c1cc(I)cc(I)c1O. The Bertz CT molecular complexity index is 415. The first kappa shape index (κ1) is 18.5. The second-order valence-corrected chi connectivity index (χ2v) is 5.99. The van der Waals surface area contributed by atoms with Crippen LogP contribution in [-0.4, -0.2) is 11.3 Å². The third kappa shape index (κ3) is 5.66. The number of aromatic hydroxyl groups is 1. The average Bonchev–Trinajstić information content (AvgIpc) is 2.19. The molecule has 0 radical (unpaired) electrons. The number of phenolic OH excluding ortho intramolecular Hbond substituents is 1. The highest BCUT2D eigenvalue weighted by Gasteiger charge is 2.28. The van der Waals surface area contributed by atoms with Crippen LogP contribution in [-0.2, 0) is 0 Å². The van der Waals surface area contributed by atoms with Crippen LogP contribution in [0.15, 0.2) is 12.1 Å². The first-order chi connectivity index (χ1) is 7.70. The van der Waals surface area contributed by atoms with Crippen LogP contribution < -0.4 is 5.73 Å². The summed E-state index contributed by atoms with van der Waals surface area (Å²) in [5, 5.41) is 9.75. The van der Waals surface area contributed by atoms with E-state index in [0.717, 1.165) is 3.57 Å². The number of alkyl halides is 3. The van der Waals surface area contributed by atoms with Gasteiger partial charge in [-0.25, -0.2) is 0 Å². The lowest BCUT2D eigenvalue weighted by molar-refractivity contribution is -0.136. The van der Waals surface area contributed by atoms with Crippen LogP contribution in [0.1, 0.15) is 24.4 Å². The summed E-state index contributed by atoms with van der Waals surface area (Å²) in [5.41, 5.74) is 6.04. The van der Waals surface area contributed by atoms with E-state index < -0.39 is 18.6 Å². The Morgan fingerprint density at radius 3 is 2.33 bits per heavy atom. The standard InChI is InChI=1S/C10H10F3I2NO.ClH/c11-10(12,13)2-1-8(16)6-3-5(14)4-7(15)9(6)17;/h3-4,8,17H,1-2,16H2;1H/t8-;/m0./s1. The van der Waals surface area contributed by atoms with Crippen LogP contribution in [0.2, 0.25) is 0 Å². The van der Waals surface area contributed by atoms with Crippen LogP contribution >= 0.6 is 57.6 Å². The van der Waals surface area contributed by atoms with Gasteiger partial charge in [0.15, 0.2) is 0 Å². The second kappa shape index (κ2) is 7.34. The van der Waals surface area contributed by atoms with Crippen LogP contribution in [0, 0.1) is 7.14 Å². The summed E-state index contributed by atoms with van der Waals surface area (Å²) >= 11 is 3.95. The van der Waals surface area contributed by atoms with Gasteiger partial charge in [-0.2, -0.15) is 13.2 Å². The van der Waals surface area contributed by atoms with E-state index in [1.54, 1.807) is 12.1 Å². The van der Waals surface area contributed by atoms with Gasteiger partial charge in [-0.1, -0.05) is 0 Å². The zero-order chi connectivity index (χ0) is 13.2. The number of benzene rings is 1. The average molecular weight is 507 g/mol. The van der Waals surface area contributed by atoms with Crippen molar-refractivity contribution in [1.82, 2.24) is 0 Å². The highest BCUT2D eigenvalue weighted by molar-refractivity contribution is 14.1. The molecule has 104 valence electrons.